The van der Waals surface area contributed by atoms with Gasteiger partial charge in [0, 0.05) is 29.1 Å². The molecule has 0 bridgehead atoms. The summed E-state index contributed by atoms with van der Waals surface area (Å²) in [6.45, 7) is 2.06. The van der Waals surface area contributed by atoms with Gasteiger partial charge in [0.15, 0.2) is 0 Å². The van der Waals surface area contributed by atoms with Crippen molar-refractivity contribution < 1.29 is 24.0 Å². The smallest absolute Gasteiger partial charge is 0.294 e. The molecule has 2 aliphatic heterocycles. The molecule has 13 heteroatoms. The highest BCUT2D eigenvalue weighted by Crippen LogP contribution is 2.38. The number of imide groups is 1. The van der Waals surface area contributed by atoms with Crippen molar-refractivity contribution in [2.24, 2.45) is 0 Å². The van der Waals surface area contributed by atoms with Crippen LogP contribution in [0.15, 0.2) is 81.4 Å². The van der Waals surface area contributed by atoms with Crippen LogP contribution in [-0.2, 0) is 14.3 Å². The van der Waals surface area contributed by atoms with Gasteiger partial charge in [0.2, 0.25) is 5.91 Å². The summed E-state index contributed by atoms with van der Waals surface area (Å²) in [5.74, 6) is -1.16. The topological polar surface area (TPSA) is 122 Å². The van der Waals surface area contributed by atoms with Gasteiger partial charge in [-0.2, -0.15) is 0 Å². The number of anilines is 2. The molecule has 0 aromatic heterocycles. The highest BCUT2D eigenvalue weighted by molar-refractivity contribution is 8.18. The van der Waals surface area contributed by atoms with Crippen LogP contribution in [-0.4, -0.2) is 59.7 Å². The number of carbonyl (C=O) groups excluding carboxylic acids is 3. The Morgan fingerprint density at radius 1 is 1.10 bits per heavy atom. The number of amides is 3. The van der Waals surface area contributed by atoms with Gasteiger partial charge in [-0.05, 0) is 65.9 Å². The van der Waals surface area contributed by atoms with Gasteiger partial charge < -0.3 is 15.0 Å². The van der Waals surface area contributed by atoms with E-state index in [0.29, 0.717) is 59.2 Å². The van der Waals surface area contributed by atoms with Crippen LogP contribution in [0.2, 0.25) is 5.02 Å². The van der Waals surface area contributed by atoms with E-state index in [2.05, 4.69) is 10.2 Å². The number of benzene rings is 3. The summed E-state index contributed by atoms with van der Waals surface area (Å²) in [6.07, 6.45) is 1.42. The van der Waals surface area contributed by atoms with Crippen molar-refractivity contribution in [1.29, 1.82) is 0 Å². The van der Waals surface area contributed by atoms with E-state index < -0.39 is 28.5 Å². The number of halogens is 1. The van der Waals surface area contributed by atoms with Crippen LogP contribution >= 0.6 is 35.1 Å². The fraction of sp³-hybridized carbons (Fsp3) is 0.179. The number of rotatable bonds is 8. The summed E-state index contributed by atoms with van der Waals surface area (Å²) >= 11 is 7.82. The Kier molecular flexibility index (Phi) is 8.93. The van der Waals surface area contributed by atoms with Gasteiger partial charge in [-0.1, -0.05) is 41.6 Å². The highest BCUT2D eigenvalue weighted by atomic mass is 35.5. The molecular weight excluding hydrogens is 588 g/mol. The van der Waals surface area contributed by atoms with Crippen molar-refractivity contribution in [3.05, 3.63) is 92.3 Å². The average molecular weight is 611 g/mol. The quantitative estimate of drug-likeness (QED) is 0.188. The van der Waals surface area contributed by atoms with Gasteiger partial charge in [0.05, 0.1) is 39.3 Å². The molecule has 0 radical (unpaired) electrons. The standard InChI is InChI=1S/C28H23ClN4O6S2/c29-19-6-8-20(9-7-19)40-24-10-5-18(15-23(24)33(37)38)16-25-27(35)32(28(36)41-25)17-26(34)30-21-3-1-2-4-22(21)31-11-13-39-14-12-31/h1-10,15-16H,11-14,17H2,(H,30,34)/b25-16-. The number of carbonyl (C=O) groups is 3. The number of thioether (sulfide) groups is 1. The number of nitro groups is 1. The largest absolute Gasteiger partial charge is 0.378 e. The van der Waals surface area contributed by atoms with Crippen LogP contribution in [0.5, 0.6) is 0 Å². The van der Waals surface area contributed by atoms with Crippen LogP contribution < -0.4 is 10.2 Å². The van der Waals surface area contributed by atoms with Gasteiger partial charge in [-0.25, -0.2) is 0 Å². The first kappa shape index (κ1) is 28.7. The SMILES string of the molecule is O=C(CN1C(=O)S/C(=C\c2ccc(Sc3ccc(Cl)cc3)c([N+](=O)[O-])c2)C1=O)Nc1ccccc1N1CCOCC1. The minimum atomic E-state index is -0.640. The molecule has 3 aromatic carbocycles. The molecule has 1 N–H and O–H groups in total. The molecule has 0 atom stereocenters. The van der Waals surface area contributed by atoms with Crippen LogP contribution in [0, 0.1) is 10.1 Å². The molecule has 2 heterocycles. The van der Waals surface area contributed by atoms with Crippen molar-refractivity contribution in [3.63, 3.8) is 0 Å². The third-order valence-electron chi connectivity index (χ3n) is 6.22. The van der Waals surface area contributed by atoms with E-state index in [-0.39, 0.29) is 10.6 Å². The Morgan fingerprint density at radius 3 is 2.56 bits per heavy atom. The Balaban J connectivity index is 1.28. The Labute approximate surface area is 248 Å². The van der Waals surface area contributed by atoms with Gasteiger partial charge in [-0.15, -0.1) is 0 Å². The Hall–Kier alpha value is -3.84. The molecule has 10 nitrogen and oxygen atoms in total. The van der Waals surface area contributed by atoms with Gasteiger partial charge >= 0.3 is 0 Å². The predicted molar refractivity (Wildman–Crippen MR) is 159 cm³/mol. The van der Waals surface area contributed by atoms with Crippen LogP contribution in [0.4, 0.5) is 21.9 Å². The Morgan fingerprint density at radius 2 is 1.83 bits per heavy atom. The third-order valence-corrected chi connectivity index (χ3v) is 8.46. The maximum Gasteiger partial charge on any atom is 0.294 e. The van der Waals surface area contributed by atoms with E-state index in [1.165, 1.54) is 23.9 Å². The van der Waals surface area contributed by atoms with Gasteiger partial charge in [0.1, 0.15) is 6.54 Å². The number of hydrogen-bond acceptors (Lipinski definition) is 9. The number of nitrogens with one attached hydrogen (secondary N) is 1. The van der Waals surface area contributed by atoms with E-state index in [1.54, 1.807) is 48.5 Å². The molecular formula is C28H23ClN4O6S2. The zero-order chi connectivity index (χ0) is 28.9. The van der Waals surface area contributed by atoms with Crippen LogP contribution in [0.1, 0.15) is 5.56 Å². The molecule has 5 rings (SSSR count). The second-order valence-corrected chi connectivity index (χ2v) is 11.5. The summed E-state index contributed by atoms with van der Waals surface area (Å²) in [7, 11) is 0. The molecule has 0 aliphatic carbocycles. The highest BCUT2D eigenvalue weighted by Gasteiger charge is 2.36. The summed E-state index contributed by atoms with van der Waals surface area (Å²) in [5, 5.41) is 14.6. The molecule has 0 unspecified atom stereocenters. The fourth-order valence-corrected chi connectivity index (χ4v) is 6.13. The molecule has 41 heavy (non-hydrogen) atoms. The zero-order valence-corrected chi connectivity index (χ0v) is 23.8. The number of nitro benzene ring substituents is 1. The lowest BCUT2D eigenvalue weighted by Crippen LogP contribution is -2.38. The van der Waals surface area contributed by atoms with Gasteiger partial charge in [-0.3, -0.25) is 29.4 Å². The molecule has 0 spiro atoms. The first-order valence-corrected chi connectivity index (χ1v) is 14.5. The lowest BCUT2D eigenvalue weighted by Gasteiger charge is -2.30. The number of hydrogen-bond donors (Lipinski definition) is 1. The van der Waals surface area contributed by atoms with Crippen LogP contribution in [0.3, 0.4) is 0 Å². The molecule has 0 saturated carbocycles. The van der Waals surface area contributed by atoms with Crippen molar-refractivity contribution in [2.45, 2.75) is 9.79 Å². The second-order valence-electron chi connectivity index (χ2n) is 8.97. The lowest BCUT2D eigenvalue weighted by molar-refractivity contribution is -0.387. The molecule has 2 aliphatic rings. The number of para-hydroxylation sites is 2. The van der Waals surface area contributed by atoms with E-state index >= 15 is 0 Å². The van der Waals surface area contributed by atoms with Crippen molar-refractivity contribution in [1.82, 2.24) is 4.90 Å². The lowest BCUT2D eigenvalue weighted by atomic mass is 10.2. The second kappa shape index (κ2) is 12.8. The van der Waals surface area contributed by atoms with Gasteiger partial charge in [0.25, 0.3) is 16.8 Å². The zero-order valence-electron chi connectivity index (χ0n) is 21.4. The maximum absolute atomic E-state index is 13.0. The fourth-order valence-electron chi connectivity index (χ4n) is 4.26. The van der Waals surface area contributed by atoms with Crippen molar-refractivity contribution >= 4 is 75.3 Å². The molecule has 210 valence electrons. The maximum atomic E-state index is 13.0. The monoisotopic (exact) mass is 610 g/mol. The number of ether oxygens (including phenoxy) is 1. The number of morpholine rings is 1. The summed E-state index contributed by atoms with van der Waals surface area (Å²) < 4.78 is 5.40. The molecule has 2 fully saturated rings. The van der Waals surface area contributed by atoms with E-state index in [1.807, 2.05) is 12.1 Å². The molecule has 2 saturated heterocycles. The predicted octanol–water partition coefficient (Wildman–Crippen LogP) is 5.91. The van der Waals surface area contributed by atoms with Crippen molar-refractivity contribution in [3.8, 4) is 0 Å². The number of nitrogens with zero attached hydrogens (tertiary/aromatic N) is 3. The Bertz CT molecular complexity index is 1540. The third kappa shape index (κ3) is 6.91. The summed E-state index contributed by atoms with van der Waals surface area (Å²) in [6, 6.07) is 18.8. The van der Waals surface area contributed by atoms with E-state index in [9.17, 15) is 24.5 Å². The minimum Gasteiger partial charge on any atom is -0.378 e. The van der Waals surface area contributed by atoms with Crippen LogP contribution in [0.25, 0.3) is 6.08 Å². The first-order chi connectivity index (χ1) is 19.8. The summed E-state index contributed by atoms with van der Waals surface area (Å²) in [4.78, 5) is 54.1. The first-order valence-electron chi connectivity index (χ1n) is 12.5. The normalized spacial score (nSPS) is 16.4. The van der Waals surface area contributed by atoms with E-state index in [4.69, 9.17) is 16.3 Å². The van der Waals surface area contributed by atoms with Crippen molar-refractivity contribution in [2.75, 3.05) is 43.1 Å². The minimum absolute atomic E-state index is 0.0731. The molecule has 3 aromatic rings. The molecule has 3 amide bonds. The average Bonchev–Trinajstić information content (AvgIpc) is 3.22. The summed E-state index contributed by atoms with van der Waals surface area (Å²) in [5.41, 5.74) is 1.64. The van der Waals surface area contributed by atoms with E-state index in [0.717, 1.165) is 15.5 Å².